The molecule has 1 aliphatic heterocycles. The van der Waals surface area contributed by atoms with Crippen molar-refractivity contribution in [1.29, 1.82) is 0 Å². The van der Waals surface area contributed by atoms with Crippen molar-refractivity contribution in [3.05, 3.63) is 46.5 Å². The third-order valence-corrected chi connectivity index (χ3v) is 7.03. The topological polar surface area (TPSA) is 109 Å². The first-order valence-corrected chi connectivity index (χ1v) is 12.5. The first kappa shape index (κ1) is 23.9. The minimum Gasteiger partial charge on any atom is -0.356 e. The molecule has 2 amide bonds. The van der Waals surface area contributed by atoms with Crippen LogP contribution in [0.5, 0.6) is 0 Å². The van der Waals surface area contributed by atoms with Gasteiger partial charge >= 0.3 is 0 Å². The molecule has 0 saturated carbocycles. The molecule has 0 aliphatic carbocycles. The molecule has 10 heteroatoms. The van der Waals surface area contributed by atoms with Gasteiger partial charge in [0.1, 0.15) is 17.6 Å². The van der Waals surface area contributed by atoms with Gasteiger partial charge in [0, 0.05) is 25.3 Å². The van der Waals surface area contributed by atoms with Crippen molar-refractivity contribution in [2.24, 2.45) is 5.92 Å². The quantitative estimate of drug-likeness (QED) is 0.536. The summed E-state index contributed by atoms with van der Waals surface area (Å²) in [5, 5.41) is 6.43. The van der Waals surface area contributed by atoms with Crippen LogP contribution in [0.3, 0.4) is 0 Å². The van der Waals surface area contributed by atoms with E-state index >= 15 is 0 Å². The van der Waals surface area contributed by atoms with Crippen molar-refractivity contribution < 1.29 is 9.59 Å². The maximum Gasteiger partial charge on any atom is 0.273 e. The van der Waals surface area contributed by atoms with Crippen molar-refractivity contribution in [2.45, 2.75) is 46.1 Å². The van der Waals surface area contributed by atoms with Gasteiger partial charge in [0.25, 0.3) is 5.56 Å². The summed E-state index contributed by atoms with van der Waals surface area (Å²) in [5.41, 5.74) is 1.90. The van der Waals surface area contributed by atoms with Crippen molar-refractivity contribution >= 4 is 44.3 Å². The molecule has 0 radical (unpaired) electrons. The van der Waals surface area contributed by atoms with E-state index in [4.69, 9.17) is 0 Å². The Balaban J connectivity index is 1.49. The molecule has 0 bridgehead atoms. The second-order valence-corrected chi connectivity index (χ2v) is 9.81. The highest BCUT2D eigenvalue weighted by molar-refractivity contribution is 7.22. The van der Waals surface area contributed by atoms with E-state index in [2.05, 4.69) is 34.4 Å². The molecule has 1 unspecified atom stereocenters. The van der Waals surface area contributed by atoms with Crippen molar-refractivity contribution in [2.75, 3.05) is 29.9 Å². The minimum absolute atomic E-state index is 0.0544. The van der Waals surface area contributed by atoms with Crippen molar-refractivity contribution in [3.8, 4) is 0 Å². The van der Waals surface area contributed by atoms with Gasteiger partial charge in [-0.2, -0.15) is 4.98 Å². The molecule has 1 saturated heterocycles. The van der Waals surface area contributed by atoms with E-state index in [9.17, 15) is 14.4 Å². The number of fused-ring (bicyclic) bond motifs is 1. The highest BCUT2D eigenvalue weighted by Crippen LogP contribution is 2.29. The summed E-state index contributed by atoms with van der Waals surface area (Å²) in [5.74, 6) is 0.0134. The van der Waals surface area contributed by atoms with Crippen LogP contribution in [0, 0.1) is 5.92 Å². The van der Waals surface area contributed by atoms with Crippen LogP contribution >= 0.6 is 11.3 Å². The van der Waals surface area contributed by atoms with Crippen molar-refractivity contribution in [3.63, 3.8) is 0 Å². The summed E-state index contributed by atoms with van der Waals surface area (Å²) < 4.78 is 1.71. The molecule has 2 N–H and O–H groups in total. The largest absolute Gasteiger partial charge is 0.356 e. The van der Waals surface area contributed by atoms with E-state index in [-0.39, 0.29) is 29.8 Å². The molecular weight excluding hydrogens is 452 g/mol. The van der Waals surface area contributed by atoms with Gasteiger partial charge in [-0.15, -0.1) is 0 Å². The monoisotopic (exact) mass is 482 g/mol. The third kappa shape index (κ3) is 5.27. The number of hydrogen-bond acceptors (Lipinski definition) is 7. The maximum atomic E-state index is 13.0. The predicted molar refractivity (Wildman–Crippen MR) is 134 cm³/mol. The number of anilines is 2. The van der Waals surface area contributed by atoms with E-state index < -0.39 is 0 Å². The molecule has 34 heavy (non-hydrogen) atoms. The number of nitrogens with one attached hydrogen (secondary N) is 2. The fourth-order valence-electron chi connectivity index (χ4n) is 4.10. The zero-order chi connectivity index (χ0) is 24.2. The molecule has 3 aromatic rings. The van der Waals surface area contributed by atoms with E-state index in [0.717, 1.165) is 24.9 Å². The zero-order valence-corrected chi connectivity index (χ0v) is 20.5. The highest BCUT2D eigenvalue weighted by Gasteiger charge is 2.27. The van der Waals surface area contributed by atoms with Gasteiger partial charge < -0.3 is 15.5 Å². The fourth-order valence-corrected chi connectivity index (χ4v) is 5.10. The molecule has 1 aliphatic rings. The van der Waals surface area contributed by atoms with Crippen LogP contribution in [0.25, 0.3) is 10.3 Å². The highest BCUT2D eigenvalue weighted by atomic mass is 32.1. The summed E-state index contributed by atoms with van der Waals surface area (Å²) in [7, 11) is 0. The Morgan fingerprint density at radius 3 is 2.88 bits per heavy atom. The smallest absolute Gasteiger partial charge is 0.273 e. The molecular formula is C24H30N6O3S. The number of amides is 2. The second kappa shape index (κ2) is 10.3. The van der Waals surface area contributed by atoms with E-state index in [1.54, 1.807) is 0 Å². The average molecular weight is 483 g/mol. The lowest BCUT2D eigenvalue weighted by atomic mass is 9.97. The van der Waals surface area contributed by atoms with Gasteiger partial charge in [-0.05, 0) is 43.4 Å². The number of carbonyl (C=O) groups is 2. The number of thiazole rings is 1. The molecule has 1 atom stereocenters. The van der Waals surface area contributed by atoms with Crippen LogP contribution in [-0.4, -0.2) is 46.0 Å². The molecule has 9 nitrogen and oxygen atoms in total. The van der Waals surface area contributed by atoms with Gasteiger partial charge in [-0.25, -0.2) is 4.98 Å². The summed E-state index contributed by atoms with van der Waals surface area (Å²) in [6.45, 7) is 7.91. The van der Waals surface area contributed by atoms with E-state index in [1.165, 1.54) is 22.2 Å². The predicted octanol–water partition coefficient (Wildman–Crippen LogP) is 2.97. The normalized spacial score (nSPS) is 16.1. The number of carbonyl (C=O) groups excluding carboxylic acids is 2. The Labute approximate surface area is 202 Å². The second-order valence-electron chi connectivity index (χ2n) is 8.83. The number of hydrogen-bond donors (Lipinski definition) is 2. The van der Waals surface area contributed by atoms with E-state index in [0.29, 0.717) is 40.2 Å². The maximum absolute atomic E-state index is 13.0. The lowest BCUT2D eigenvalue weighted by Gasteiger charge is -2.31. The van der Waals surface area contributed by atoms with Gasteiger partial charge in [0.15, 0.2) is 10.8 Å². The standard InChI is InChI=1S/C24H30N6O3S/c1-4-25-22(32)17-8-6-10-29(12-17)24-28-21-20(34-24)23(33)30(14-26-21)13-19(31)27-18-9-5-7-16(11-18)15(2)3/h5,7,9,11,14-15,17H,4,6,8,10,12-13H2,1-3H3,(H,25,32)(H,27,31). The lowest BCUT2D eigenvalue weighted by Crippen LogP contribution is -2.43. The summed E-state index contributed by atoms with van der Waals surface area (Å²) in [6, 6.07) is 7.69. The Morgan fingerprint density at radius 2 is 2.12 bits per heavy atom. The Morgan fingerprint density at radius 1 is 1.29 bits per heavy atom. The van der Waals surface area contributed by atoms with Gasteiger partial charge in [0.05, 0.1) is 5.92 Å². The van der Waals surface area contributed by atoms with Gasteiger partial charge in [-0.1, -0.05) is 37.3 Å². The summed E-state index contributed by atoms with van der Waals surface area (Å²) >= 11 is 1.26. The van der Waals surface area contributed by atoms with Gasteiger partial charge in [-0.3, -0.25) is 19.0 Å². The molecule has 4 rings (SSSR count). The fraction of sp³-hybridized carbons (Fsp3) is 0.458. The Bertz CT molecular complexity index is 1250. The molecule has 1 aromatic carbocycles. The van der Waals surface area contributed by atoms with E-state index in [1.807, 2.05) is 36.1 Å². The van der Waals surface area contributed by atoms with Crippen LogP contribution in [0.15, 0.2) is 35.4 Å². The number of aromatic nitrogens is 3. The average Bonchev–Trinajstić information content (AvgIpc) is 3.27. The third-order valence-electron chi connectivity index (χ3n) is 5.94. The molecule has 3 heterocycles. The molecule has 180 valence electrons. The van der Waals surface area contributed by atoms with Gasteiger partial charge in [0.2, 0.25) is 11.8 Å². The summed E-state index contributed by atoms with van der Waals surface area (Å²) in [4.78, 5) is 48.8. The summed E-state index contributed by atoms with van der Waals surface area (Å²) in [6.07, 6.45) is 3.09. The first-order valence-electron chi connectivity index (χ1n) is 11.6. The van der Waals surface area contributed by atoms with Crippen LogP contribution < -0.4 is 21.1 Å². The van der Waals surface area contributed by atoms with Crippen LogP contribution in [0.2, 0.25) is 0 Å². The minimum atomic E-state index is -0.297. The molecule has 0 spiro atoms. The molecule has 1 fully saturated rings. The van der Waals surface area contributed by atoms with Crippen LogP contribution in [-0.2, 0) is 16.1 Å². The number of benzene rings is 1. The first-order chi connectivity index (χ1) is 16.4. The van der Waals surface area contributed by atoms with Crippen LogP contribution in [0.1, 0.15) is 45.1 Å². The van der Waals surface area contributed by atoms with Crippen LogP contribution in [0.4, 0.5) is 10.8 Å². The number of piperidine rings is 1. The Hall–Kier alpha value is -3.27. The number of rotatable bonds is 7. The van der Waals surface area contributed by atoms with Crippen molar-refractivity contribution in [1.82, 2.24) is 19.9 Å². The number of nitrogens with zero attached hydrogens (tertiary/aromatic N) is 4. The zero-order valence-electron chi connectivity index (χ0n) is 19.7. The molecule has 2 aromatic heterocycles. The lowest BCUT2D eigenvalue weighted by molar-refractivity contribution is -0.125. The Kier molecular flexibility index (Phi) is 7.26. The SMILES string of the molecule is CCNC(=O)C1CCCN(c2nc3ncn(CC(=O)Nc4cccc(C(C)C)c4)c(=O)c3s2)C1.